The molecular formula is C13H13N3O2S. The number of anilines is 1. The molecule has 1 aromatic carbocycles. The molecule has 0 bridgehead atoms. The Balaban J connectivity index is 1.81. The molecule has 2 N–H and O–H groups in total. The van der Waals surface area contributed by atoms with Crippen LogP contribution in [-0.4, -0.2) is 23.2 Å². The second kappa shape index (κ2) is 5.36. The van der Waals surface area contributed by atoms with Crippen LogP contribution in [-0.2, 0) is 0 Å². The summed E-state index contributed by atoms with van der Waals surface area (Å²) in [6, 6.07) is 5.84. The standard InChI is InChI=1S/C13H13N3O2S/c14-9-7-15-13(16-8-9)19-10-2-3-11-12(6-10)18-5-1-4-17-11/h2-3,6-8H,1,4-5,14H2. The summed E-state index contributed by atoms with van der Waals surface area (Å²) in [5.41, 5.74) is 6.12. The van der Waals surface area contributed by atoms with Crippen molar-refractivity contribution in [3.8, 4) is 11.5 Å². The average molecular weight is 275 g/mol. The molecule has 0 fully saturated rings. The number of fused-ring (bicyclic) bond motifs is 1. The van der Waals surface area contributed by atoms with Gasteiger partial charge in [0.1, 0.15) is 0 Å². The summed E-state index contributed by atoms with van der Waals surface area (Å²) in [6.45, 7) is 1.38. The first-order chi connectivity index (χ1) is 9.31. The van der Waals surface area contributed by atoms with Gasteiger partial charge in [0.2, 0.25) is 0 Å². The van der Waals surface area contributed by atoms with E-state index >= 15 is 0 Å². The third-order valence-corrected chi connectivity index (χ3v) is 3.46. The van der Waals surface area contributed by atoms with Crippen LogP contribution in [0.25, 0.3) is 0 Å². The highest BCUT2D eigenvalue weighted by Gasteiger charge is 2.11. The van der Waals surface area contributed by atoms with Gasteiger partial charge >= 0.3 is 0 Å². The number of nitrogens with zero attached hydrogens (tertiary/aromatic N) is 2. The van der Waals surface area contributed by atoms with Crippen LogP contribution in [0.1, 0.15) is 6.42 Å². The van der Waals surface area contributed by atoms with E-state index in [4.69, 9.17) is 15.2 Å². The van der Waals surface area contributed by atoms with Crippen molar-refractivity contribution >= 4 is 17.4 Å². The van der Waals surface area contributed by atoms with E-state index in [0.29, 0.717) is 24.1 Å². The van der Waals surface area contributed by atoms with Gasteiger partial charge in [-0.05, 0) is 30.0 Å². The molecule has 0 spiro atoms. The molecule has 1 aliphatic heterocycles. The van der Waals surface area contributed by atoms with E-state index < -0.39 is 0 Å². The lowest BCUT2D eigenvalue weighted by molar-refractivity contribution is 0.297. The number of hydrogen-bond acceptors (Lipinski definition) is 6. The van der Waals surface area contributed by atoms with E-state index in [1.54, 1.807) is 12.4 Å². The largest absolute Gasteiger partial charge is 0.490 e. The molecule has 19 heavy (non-hydrogen) atoms. The van der Waals surface area contributed by atoms with Crippen LogP contribution < -0.4 is 15.2 Å². The molecule has 0 atom stereocenters. The Morgan fingerprint density at radius 1 is 1.05 bits per heavy atom. The quantitative estimate of drug-likeness (QED) is 0.848. The van der Waals surface area contributed by atoms with Gasteiger partial charge in [-0.25, -0.2) is 9.97 Å². The third kappa shape index (κ3) is 2.90. The van der Waals surface area contributed by atoms with E-state index in [0.717, 1.165) is 22.8 Å². The van der Waals surface area contributed by atoms with Crippen molar-refractivity contribution in [3.05, 3.63) is 30.6 Å². The predicted molar refractivity (Wildman–Crippen MR) is 72.6 cm³/mol. The zero-order valence-electron chi connectivity index (χ0n) is 10.2. The Hall–Kier alpha value is -1.95. The summed E-state index contributed by atoms with van der Waals surface area (Å²) in [6.07, 6.45) is 4.09. The molecule has 6 heteroatoms. The lowest BCUT2D eigenvalue weighted by Crippen LogP contribution is -1.97. The van der Waals surface area contributed by atoms with E-state index in [9.17, 15) is 0 Å². The molecule has 0 unspecified atom stereocenters. The molecule has 98 valence electrons. The van der Waals surface area contributed by atoms with Gasteiger partial charge in [0.25, 0.3) is 0 Å². The second-order valence-corrected chi connectivity index (χ2v) is 5.10. The van der Waals surface area contributed by atoms with Crippen LogP contribution in [0.4, 0.5) is 5.69 Å². The van der Waals surface area contributed by atoms with Gasteiger partial charge in [0, 0.05) is 11.3 Å². The van der Waals surface area contributed by atoms with Crippen LogP contribution >= 0.6 is 11.8 Å². The summed E-state index contributed by atoms with van der Waals surface area (Å²) in [7, 11) is 0. The number of nitrogen functional groups attached to an aromatic ring is 1. The first-order valence-corrected chi connectivity index (χ1v) is 6.78. The topological polar surface area (TPSA) is 70.3 Å². The van der Waals surface area contributed by atoms with Gasteiger partial charge in [0.15, 0.2) is 16.7 Å². The zero-order chi connectivity index (χ0) is 13.1. The maximum Gasteiger partial charge on any atom is 0.192 e. The van der Waals surface area contributed by atoms with Crippen molar-refractivity contribution in [3.63, 3.8) is 0 Å². The lowest BCUT2D eigenvalue weighted by atomic mass is 10.3. The van der Waals surface area contributed by atoms with Crippen LogP contribution in [0.15, 0.2) is 40.6 Å². The van der Waals surface area contributed by atoms with E-state index in [2.05, 4.69) is 9.97 Å². The maximum atomic E-state index is 5.65. The fraction of sp³-hybridized carbons (Fsp3) is 0.231. The average Bonchev–Trinajstić information content (AvgIpc) is 2.66. The van der Waals surface area contributed by atoms with Crippen molar-refractivity contribution in [2.24, 2.45) is 0 Å². The molecule has 5 nitrogen and oxygen atoms in total. The van der Waals surface area contributed by atoms with E-state index in [1.807, 2.05) is 18.2 Å². The SMILES string of the molecule is Nc1cnc(Sc2ccc3c(c2)OCCCO3)nc1. The molecule has 2 heterocycles. The van der Waals surface area contributed by atoms with Gasteiger partial charge in [-0.15, -0.1) is 0 Å². The minimum atomic E-state index is 0.558. The van der Waals surface area contributed by atoms with E-state index in [-0.39, 0.29) is 0 Å². The molecule has 3 rings (SSSR count). The monoisotopic (exact) mass is 275 g/mol. The van der Waals surface area contributed by atoms with Gasteiger partial charge in [-0.3, -0.25) is 0 Å². The van der Waals surface area contributed by atoms with Crippen LogP contribution in [0.3, 0.4) is 0 Å². The number of ether oxygens (including phenoxy) is 2. The van der Waals surface area contributed by atoms with E-state index in [1.165, 1.54) is 11.8 Å². The fourth-order valence-electron chi connectivity index (χ4n) is 1.69. The van der Waals surface area contributed by atoms with Crippen molar-refractivity contribution in [2.75, 3.05) is 18.9 Å². The first-order valence-electron chi connectivity index (χ1n) is 5.96. The van der Waals surface area contributed by atoms with Crippen LogP contribution in [0, 0.1) is 0 Å². The van der Waals surface area contributed by atoms with Crippen molar-refractivity contribution in [1.29, 1.82) is 0 Å². The van der Waals surface area contributed by atoms with Gasteiger partial charge in [-0.2, -0.15) is 0 Å². The highest BCUT2D eigenvalue weighted by atomic mass is 32.2. The fourth-order valence-corrected chi connectivity index (χ4v) is 2.42. The predicted octanol–water partition coefficient (Wildman–Crippen LogP) is 2.37. The normalized spacial score (nSPS) is 13.9. The molecule has 0 amide bonds. The summed E-state index contributed by atoms with van der Waals surface area (Å²) < 4.78 is 11.2. The number of rotatable bonds is 2. The Morgan fingerprint density at radius 3 is 2.58 bits per heavy atom. The van der Waals surface area contributed by atoms with Crippen molar-refractivity contribution in [1.82, 2.24) is 9.97 Å². The molecule has 1 aliphatic rings. The Morgan fingerprint density at radius 2 is 1.79 bits per heavy atom. The molecule has 2 aromatic rings. The summed E-state index contributed by atoms with van der Waals surface area (Å²) in [5, 5.41) is 0.656. The van der Waals surface area contributed by atoms with Crippen molar-refractivity contribution < 1.29 is 9.47 Å². The summed E-state index contributed by atoms with van der Waals surface area (Å²) in [4.78, 5) is 9.33. The second-order valence-electron chi connectivity index (χ2n) is 4.06. The first kappa shape index (κ1) is 12.1. The zero-order valence-corrected chi connectivity index (χ0v) is 11.0. The Labute approximate surface area is 115 Å². The van der Waals surface area contributed by atoms with Crippen LogP contribution in [0.5, 0.6) is 11.5 Å². The Bertz CT molecular complexity index is 575. The maximum absolute atomic E-state index is 5.65. The molecular weight excluding hydrogens is 262 g/mol. The number of hydrogen-bond donors (Lipinski definition) is 1. The smallest absolute Gasteiger partial charge is 0.192 e. The molecule has 0 radical (unpaired) electrons. The summed E-state index contributed by atoms with van der Waals surface area (Å²) >= 11 is 1.46. The number of aromatic nitrogens is 2. The van der Waals surface area contributed by atoms with Gasteiger partial charge in [0.05, 0.1) is 31.3 Å². The summed E-state index contributed by atoms with van der Waals surface area (Å²) in [5.74, 6) is 1.57. The van der Waals surface area contributed by atoms with Crippen LogP contribution in [0.2, 0.25) is 0 Å². The Kier molecular flexibility index (Phi) is 3.41. The third-order valence-electron chi connectivity index (χ3n) is 2.58. The minimum absolute atomic E-state index is 0.558. The highest BCUT2D eigenvalue weighted by Crippen LogP contribution is 2.35. The lowest BCUT2D eigenvalue weighted by Gasteiger charge is -2.08. The number of benzene rings is 1. The van der Waals surface area contributed by atoms with Gasteiger partial charge < -0.3 is 15.2 Å². The molecule has 1 aromatic heterocycles. The highest BCUT2D eigenvalue weighted by molar-refractivity contribution is 7.99. The minimum Gasteiger partial charge on any atom is -0.490 e. The molecule has 0 saturated carbocycles. The number of nitrogens with two attached hydrogens (primary N) is 1. The van der Waals surface area contributed by atoms with Crippen molar-refractivity contribution in [2.45, 2.75) is 16.5 Å². The molecule has 0 aliphatic carbocycles. The van der Waals surface area contributed by atoms with Gasteiger partial charge in [-0.1, -0.05) is 0 Å². The molecule has 0 saturated heterocycles.